The molecule has 0 aliphatic rings. The Morgan fingerprint density at radius 1 is 1.33 bits per heavy atom. The third kappa shape index (κ3) is 2.58. The molecule has 0 spiro atoms. The van der Waals surface area contributed by atoms with Crippen molar-refractivity contribution in [2.45, 2.75) is 19.4 Å². The molecule has 1 aromatic carbocycles. The summed E-state index contributed by atoms with van der Waals surface area (Å²) in [6.45, 7) is 1.97. The number of nitrogens with two attached hydrogens (primary N) is 1. The fourth-order valence-corrected chi connectivity index (χ4v) is 2.82. The predicted molar refractivity (Wildman–Crippen MR) is 69.2 cm³/mol. The number of halogens is 2. The molecule has 0 fully saturated rings. The normalized spacial score (nSPS) is 12.7. The fraction of sp³-hybridized carbons (Fsp3) is 0.231. The van der Waals surface area contributed by atoms with Gasteiger partial charge in [0, 0.05) is 0 Å². The molecule has 1 unspecified atom stereocenters. The molecule has 0 aliphatic carbocycles. The fourth-order valence-electron chi connectivity index (χ4n) is 1.91. The zero-order chi connectivity index (χ0) is 13.1. The Labute approximate surface area is 108 Å². The van der Waals surface area contributed by atoms with Crippen molar-refractivity contribution in [1.29, 1.82) is 0 Å². The van der Waals surface area contributed by atoms with Crippen molar-refractivity contribution in [2.75, 3.05) is 0 Å². The molecule has 0 bridgehead atoms. The first-order chi connectivity index (χ1) is 8.63. The molecule has 1 aromatic heterocycles. The Kier molecular flexibility index (Phi) is 4.06. The molecule has 2 rings (SSSR count). The van der Waals surface area contributed by atoms with E-state index in [0.717, 1.165) is 17.2 Å². The van der Waals surface area contributed by atoms with Crippen molar-refractivity contribution >= 4 is 11.3 Å². The van der Waals surface area contributed by atoms with E-state index >= 15 is 0 Å². The zero-order valence-corrected chi connectivity index (χ0v) is 10.7. The van der Waals surface area contributed by atoms with Crippen molar-refractivity contribution in [3.63, 3.8) is 0 Å². The molecular formula is C13H14F2N2S. The lowest BCUT2D eigenvalue weighted by atomic mass is 9.99. The molecule has 96 valence electrons. The van der Waals surface area contributed by atoms with E-state index in [1.807, 2.05) is 17.7 Å². The SMILES string of the molecule is Cc1cscc1C(Cc1cccc(F)c1F)NN. The molecule has 0 saturated carbocycles. The van der Waals surface area contributed by atoms with Gasteiger partial charge in [0.15, 0.2) is 11.6 Å². The van der Waals surface area contributed by atoms with Crippen molar-refractivity contribution in [2.24, 2.45) is 5.84 Å². The van der Waals surface area contributed by atoms with E-state index < -0.39 is 11.6 Å². The van der Waals surface area contributed by atoms with E-state index in [0.29, 0.717) is 12.0 Å². The molecule has 1 heterocycles. The molecule has 2 aromatic rings. The van der Waals surface area contributed by atoms with Crippen LogP contribution in [0.1, 0.15) is 22.7 Å². The van der Waals surface area contributed by atoms with E-state index in [1.54, 1.807) is 17.4 Å². The summed E-state index contributed by atoms with van der Waals surface area (Å²) >= 11 is 1.56. The monoisotopic (exact) mass is 268 g/mol. The van der Waals surface area contributed by atoms with Gasteiger partial charge >= 0.3 is 0 Å². The van der Waals surface area contributed by atoms with Crippen molar-refractivity contribution in [1.82, 2.24) is 5.43 Å². The van der Waals surface area contributed by atoms with Crippen molar-refractivity contribution in [3.05, 3.63) is 57.3 Å². The van der Waals surface area contributed by atoms with Crippen LogP contribution in [-0.4, -0.2) is 0 Å². The Bertz CT molecular complexity index is 540. The van der Waals surface area contributed by atoms with Crippen LogP contribution in [0.3, 0.4) is 0 Å². The van der Waals surface area contributed by atoms with Crippen LogP contribution in [0.2, 0.25) is 0 Å². The summed E-state index contributed by atoms with van der Waals surface area (Å²) in [6.07, 6.45) is 0.317. The number of thiophene rings is 1. The number of aryl methyl sites for hydroxylation is 1. The van der Waals surface area contributed by atoms with E-state index in [-0.39, 0.29) is 6.04 Å². The first kappa shape index (κ1) is 13.1. The van der Waals surface area contributed by atoms with Gasteiger partial charge in [0.1, 0.15) is 0 Å². The van der Waals surface area contributed by atoms with Crippen molar-refractivity contribution in [3.8, 4) is 0 Å². The number of hydrogen-bond acceptors (Lipinski definition) is 3. The van der Waals surface area contributed by atoms with Crippen LogP contribution in [0.4, 0.5) is 8.78 Å². The van der Waals surface area contributed by atoms with Crippen LogP contribution in [0.5, 0.6) is 0 Å². The van der Waals surface area contributed by atoms with Crippen LogP contribution < -0.4 is 11.3 Å². The highest BCUT2D eigenvalue weighted by Gasteiger charge is 2.17. The van der Waals surface area contributed by atoms with Gasteiger partial charge in [-0.05, 0) is 46.9 Å². The van der Waals surface area contributed by atoms with Crippen LogP contribution >= 0.6 is 11.3 Å². The Hall–Kier alpha value is -1.30. The lowest BCUT2D eigenvalue weighted by Crippen LogP contribution is -2.30. The van der Waals surface area contributed by atoms with Gasteiger partial charge in [-0.15, -0.1) is 0 Å². The van der Waals surface area contributed by atoms with Crippen LogP contribution in [0, 0.1) is 18.6 Å². The smallest absolute Gasteiger partial charge is 0.162 e. The number of nitrogens with one attached hydrogen (secondary N) is 1. The quantitative estimate of drug-likeness (QED) is 0.660. The summed E-state index contributed by atoms with van der Waals surface area (Å²) in [6, 6.07) is 3.97. The lowest BCUT2D eigenvalue weighted by Gasteiger charge is -2.16. The van der Waals surface area contributed by atoms with Gasteiger partial charge in [-0.1, -0.05) is 12.1 Å². The maximum absolute atomic E-state index is 13.6. The highest BCUT2D eigenvalue weighted by atomic mass is 32.1. The average molecular weight is 268 g/mol. The minimum atomic E-state index is -0.828. The average Bonchev–Trinajstić information content (AvgIpc) is 2.77. The first-order valence-electron chi connectivity index (χ1n) is 5.55. The van der Waals surface area contributed by atoms with E-state index in [1.165, 1.54) is 6.07 Å². The summed E-state index contributed by atoms with van der Waals surface area (Å²) in [5.41, 5.74) is 5.10. The molecule has 18 heavy (non-hydrogen) atoms. The molecule has 5 heteroatoms. The maximum atomic E-state index is 13.6. The van der Waals surface area contributed by atoms with Gasteiger partial charge in [0.25, 0.3) is 0 Å². The summed E-state index contributed by atoms with van der Waals surface area (Å²) in [7, 11) is 0. The largest absolute Gasteiger partial charge is 0.271 e. The van der Waals surface area contributed by atoms with Gasteiger partial charge in [-0.2, -0.15) is 11.3 Å². The highest BCUT2D eigenvalue weighted by molar-refractivity contribution is 7.08. The van der Waals surface area contributed by atoms with Gasteiger partial charge in [0.2, 0.25) is 0 Å². The first-order valence-corrected chi connectivity index (χ1v) is 6.49. The van der Waals surface area contributed by atoms with Crippen LogP contribution in [0.25, 0.3) is 0 Å². The van der Waals surface area contributed by atoms with Crippen LogP contribution in [0.15, 0.2) is 29.0 Å². The standard InChI is InChI=1S/C13H14F2N2S/c1-8-6-18-7-10(8)12(17-16)5-9-3-2-4-11(14)13(9)15/h2-4,6-7,12,17H,5,16H2,1H3. The second-order valence-corrected chi connectivity index (χ2v) is 4.89. The summed E-state index contributed by atoms with van der Waals surface area (Å²) in [4.78, 5) is 0. The minimum Gasteiger partial charge on any atom is -0.271 e. The molecule has 1 atom stereocenters. The lowest BCUT2D eigenvalue weighted by molar-refractivity contribution is 0.481. The van der Waals surface area contributed by atoms with Crippen molar-refractivity contribution < 1.29 is 8.78 Å². The topological polar surface area (TPSA) is 38.0 Å². The highest BCUT2D eigenvalue weighted by Crippen LogP contribution is 2.25. The zero-order valence-electron chi connectivity index (χ0n) is 9.91. The molecule has 2 nitrogen and oxygen atoms in total. The van der Waals surface area contributed by atoms with E-state index in [4.69, 9.17) is 5.84 Å². The van der Waals surface area contributed by atoms with Gasteiger partial charge in [0.05, 0.1) is 6.04 Å². The third-order valence-electron chi connectivity index (χ3n) is 2.93. The maximum Gasteiger partial charge on any atom is 0.162 e. The number of benzene rings is 1. The third-order valence-corrected chi connectivity index (χ3v) is 3.81. The second kappa shape index (κ2) is 5.56. The Morgan fingerprint density at radius 2 is 2.11 bits per heavy atom. The van der Waals surface area contributed by atoms with Crippen LogP contribution in [-0.2, 0) is 6.42 Å². The molecule has 0 saturated heterocycles. The molecule has 0 radical (unpaired) electrons. The molecule has 0 aliphatic heterocycles. The molecular weight excluding hydrogens is 254 g/mol. The Morgan fingerprint density at radius 3 is 2.72 bits per heavy atom. The summed E-state index contributed by atoms with van der Waals surface area (Å²) in [5.74, 6) is 3.88. The minimum absolute atomic E-state index is 0.215. The number of rotatable bonds is 4. The van der Waals surface area contributed by atoms with Gasteiger partial charge in [-0.3, -0.25) is 11.3 Å². The number of hydrazine groups is 1. The van der Waals surface area contributed by atoms with Gasteiger partial charge in [-0.25, -0.2) is 8.78 Å². The number of hydrogen-bond donors (Lipinski definition) is 2. The Balaban J connectivity index is 2.26. The summed E-state index contributed by atoms with van der Waals surface area (Å²) < 4.78 is 26.7. The second-order valence-electron chi connectivity index (χ2n) is 4.15. The predicted octanol–water partition coefficient (Wildman–Crippen LogP) is 3.08. The van der Waals surface area contributed by atoms with E-state index in [9.17, 15) is 8.78 Å². The van der Waals surface area contributed by atoms with E-state index in [2.05, 4.69) is 5.43 Å². The molecule has 3 N–H and O–H groups in total. The molecule has 0 amide bonds. The van der Waals surface area contributed by atoms with Gasteiger partial charge < -0.3 is 0 Å². The summed E-state index contributed by atoms with van der Waals surface area (Å²) in [5, 5.41) is 3.97.